The van der Waals surface area contributed by atoms with Crippen LogP contribution >= 0.6 is 0 Å². The zero-order chi connectivity index (χ0) is 10.8. The van der Waals surface area contributed by atoms with Crippen molar-refractivity contribution in [1.29, 1.82) is 0 Å². The molecule has 2 unspecified atom stereocenters. The highest BCUT2D eigenvalue weighted by molar-refractivity contribution is 5.46. The second-order valence-electron chi connectivity index (χ2n) is 4.02. The van der Waals surface area contributed by atoms with Gasteiger partial charge in [0.2, 0.25) is 0 Å². The maximum absolute atomic E-state index is 13.3. The Balaban J connectivity index is 2.07. The number of rotatable bonds is 2. The van der Waals surface area contributed by atoms with Gasteiger partial charge in [-0.15, -0.1) is 0 Å². The van der Waals surface area contributed by atoms with Crippen molar-refractivity contribution in [3.63, 3.8) is 0 Å². The number of nitrogens with two attached hydrogens (primary N) is 1. The van der Waals surface area contributed by atoms with Gasteiger partial charge in [0.15, 0.2) is 11.6 Å². The molecule has 2 rings (SSSR count). The summed E-state index contributed by atoms with van der Waals surface area (Å²) in [7, 11) is 0. The molecule has 15 heavy (non-hydrogen) atoms. The normalized spacial score (nSPS) is 25.5. The Morgan fingerprint density at radius 2 is 2.07 bits per heavy atom. The smallest absolute Gasteiger partial charge is 0.181 e. The van der Waals surface area contributed by atoms with Crippen molar-refractivity contribution in [2.45, 2.75) is 31.3 Å². The largest absolute Gasteiger partial charge is 0.380 e. The molecule has 82 valence electrons. The van der Waals surface area contributed by atoms with Crippen LogP contribution in [0, 0.1) is 11.6 Å². The zero-order valence-electron chi connectivity index (χ0n) is 8.34. The average molecular weight is 212 g/mol. The van der Waals surface area contributed by atoms with Crippen LogP contribution in [0.3, 0.4) is 0 Å². The molecule has 1 saturated carbocycles. The third kappa shape index (κ3) is 2.26. The monoisotopic (exact) mass is 212 g/mol. The Bertz CT molecular complexity index is 354. The molecule has 2 atom stereocenters. The van der Waals surface area contributed by atoms with E-state index in [1.54, 1.807) is 6.07 Å². The second-order valence-corrected chi connectivity index (χ2v) is 4.02. The van der Waals surface area contributed by atoms with Gasteiger partial charge in [-0.3, -0.25) is 0 Å². The van der Waals surface area contributed by atoms with Crippen LogP contribution in [0.5, 0.6) is 0 Å². The minimum absolute atomic E-state index is 0.163. The van der Waals surface area contributed by atoms with Gasteiger partial charge in [-0.25, -0.2) is 8.78 Å². The summed E-state index contributed by atoms with van der Waals surface area (Å²) in [5, 5.41) is 2.99. The molecule has 2 nitrogen and oxygen atoms in total. The number of hydrogen-bond donors (Lipinski definition) is 2. The van der Waals surface area contributed by atoms with Gasteiger partial charge in [0.05, 0.1) is 5.69 Å². The Labute approximate surface area is 87.5 Å². The number of halogens is 2. The maximum atomic E-state index is 13.3. The first-order chi connectivity index (χ1) is 7.16. The predicted octanol–water partition coefficient (Wildman–Crippen LogP) is 2.26. The van der Waals surface area contributed by atoms with Gasteiger partial charge in [0.25, 0.3) is 0 Å². The van der Waals surface area contributed by atoms with Gasteiger partial charge in [0.1, 0.15) is 0 Å². The van der Waals surface area contributed by atoms with Gasteiger partial charge < -0.3 is 11.1 Å². The van der Waals surface area contributed by atoms with Gasteiger partial charge >= 0.3 is 0 Å². The maximum Gasteiger partial charge on any atom is 0.181 e. The zero-order valence-corrected chi connectivity index (χ0v) is 8.34. The highest BCUT2D eigenvalue weighted by Gasteiger charge is 2.22. The van der Waals surface area contributed by atoms with Crippen LogP contribution in [0.15, 0.2) is 18.2 Å². The molecule has 0 radical (unpaired) electrons. The SMILES string of the molecule is NC1CCC(Nc2cccc(F)c2F)C1. The van der Waals surface area contributed by atoms with Crippen molar-refractivity contribution in [1.82, 2.24) is 0 Å². The van der Waals surface area contributed by atoms with Gasteiger partial charge in [0, 0.05) is 12.1 Å². The molecule has 0 amide bonds. The first-order valence-electron chi connectivity index (χ1n) is 5.13. The summed E-state index contributed by atoms with van der Waals surface area (Å²) >= 11 is 0. The number of hydrogen-bond acceptors (Lipinski definition) is 2. The summed E-state index contributed by atoms with van der Waals surface area (Å²) in [6.07, 6.45) is 2.67. The molecule has 0 aromatic heterocycles. The van der Waals surface area contributed by atoms with E-state index in [0.29, 0.717) is 0 Å². The van der Waals surface area contributed by atoms with Crippen LogP contribution < -0.4 is 11.1 Å². The molecule has 0 saturated heterocycles. The van der Waals surface area contributed by atoms with Gasteiger partial charge in [-0.05, 0) is 31.4 Å². The minimum atomic E-state index is -0.817. The Kier molecular flexibility index (Phi) is 2.86. The fourth-order valence-electron chi connectivity index (χ4n) is 1.98. The molecule has 3 N–H and O–H groups in total. The quantitative estimate of drug-likeness (QED) is 0.789. The molecule has 1 aliphatic carbocycles. The van der Waals surface area contributed by atoms with Gasteiger partial charge in [-0.2, -0.15) is 0 Å². The highest BCUT2D eigenvalue weighted by atomic mass is 19.2. The van der Waals surface area contributed by atoms with Crippen LogP contribution in [0.25, 0.3) is 0 Å². The lowest BCUT2D eigenvalue weighted by Gasteiger charge is -2.14. The lowest BCUT2D eigenvalue weighted by molar-refractivity contribution is 0.509. The van der Waals surface area contributed by atoms with E-state index < -0.39 is 11.6 Å². The molecule has 0 bridgehead atoms. The molecule has 0 spiro atoms. The fraction of sp³-hybridized carbons (Fsp3) is 0.455. The van der Waals surface area contributed by atoms with Crippen molar-refractivity contribution < 1.29 is 8.78 Å². The summed E-state index contributed by atoms with van der Waals surface area (Å²) in [4.78, 5) is 0. The molecule has 0 aliphatic heterocycles. The second kappa shape index (κ2) is 4.14. The molecule has 1 fully saturated rings. The number of benzene rings is 1. The molecular formula is C11H14F2N2. The molecule has 4 heteroatoms. The van der Waals surface area contributed by atoms with E-state index in [1.807, 2.05) is 0 Å². The van der Waals surface area contributed by atoms with E-state index >= 15 is 0 Å². The van der Waals surface area contributed by atoms with Crippen molar-refractivity contribution in [2.75, 3.05) is 5.32 Å². The van der Waals surface area contributed by atoms with Crippen molar-refractivity contribution in [3.8, 4) is 0 Å². The van der Waals surface area contributed by atoms with Crippen LogP contribution in [-0.4, -0.2) is 12.1 Å². The molecular weight excluding hydrogens is 198 g/mol. The Hall–Kier alpha value is -1.16. The fourth-order valence-corrected chi connectivity index (χ4v) is 1.98. The standard InChI is InChI=1S/C11H14F2N2/c12-9-2-1-3-10(11(9)13)15-8-5-4-7(14)6-8/h1-3,7-8,15H,4-6,14H2. The third-order valence-corrected chi connectivity index (χ3v) is 2.78. The summed E-state index contributed by atoms with van der Waals surface area (Å²) < 4.78 is 26.2. The summed E-state index contributed by atoms with van der Waals surface area (Å²) in [5.74, 6) is -1.62. The van der Waals surface area contributed by atoms with E-state index in [9.17, 15) is 8.78 Å². The molecule has 1 aliphatic rings. The molecule has 1 aromatic rings. The average Bonchev–Trinajstić information content (AvgIpc) is 2.59. The summed E-state index contributed by atoms with van der Waals surface area (Å²) in [5.41, 5.74) is 5.97. The van der Waals surface area contributed by atoms with E-state index in [0.717, 1.165) is 25.3 Å². The Morgan fingerprint density at radius 3 is 2.73 bits per heavy atom. The summed E-state index contributed by atoms with van der Waals surface area (Å²) in [6.45, 7) is 0. The van der Waals surface area contributed by atoms with Crippen LogP contribution in [0.4, 0.5) is 14.5 Å². The lowest BCUT2D eigenvalue weighted by atomic mass is 10.2. The van der Waals surface area contributed by atoms with Crippen molar-refractivity contribution in [3.05, 3.63) is 29.8 Å². The Morgan fingerprint density at radius 1 is 1.27 bits per heavy atom. The molecule has 1 aromatic carbocycles. The van der Waals surface area contributed by atoms with E-state index in [1.165, 1.54) is 6.07 Å². The van der Waals surface area contributed by atoms with Crippen molar-refractivity contribution >= 4 is 5.69 Å². The van der Waals surface area contributed by atoms with E-state index in [4.69, 9.17) is 5.73 Å². The van der Waals surface area contributed by atoms with Crippen LogP contribution in [0.1, 0.15) is 19.3 Å². The lowest BCUT2D eigenvalue weighted by Crippen LogP contribution is -2.21. The third-order valence-electron chi connectivity index (χ3n) is 2.78. The number of anilines is 1. The van der Waals surface area contributed by atoms with Gasteiger partial charge in [-0.1, -0.05) is 6.07 Å². The van der Waals surface area contributed by atoms with Crippen molar-refractivity contribution in [2.24, 2.45) is 5.73 Å². The first kappa shape index (κ1) is 10.4. The highest BCUT2D eigenvalue weighted by Crippen LogP contribution is 2.24. The number of nitrogens with one attached hydrogen (secondary N) is 1. The van der Waals surface area contributed by atoms with E-state index in [-0.39, 0.29) is 17.8 Å². The summed E-state index contributed by atoms with van der Waals surface area (Å²) in [6, 6.07) is 4.49. The molecule has 0 heterocycles. The topological polar surface area (TPSA) is 38.0 Å². The van der Waals surface area contributed by atoms with Crippen LogP contribution in [-0.2, 0) is 0 Å². The van der Waals surface area contributed by atoms with E-state index in [2.05, 4.69) is 5.32 Å². The minimum Gasteiger partial charge on any atom is -0.380 e. The van der Waals surface area contributed by atoms with Crippen LogP contribution in [0.2, 0.25) is 0 Å². The predicted molar refractivity (Wildman–Crippen MR) is 55.6 cm³/mol. The first-order valence-corrected chi connectivity index (χ1v) is 5.13.